The Morgan fingerprint density at radius 2 is 1.92 bits per heavy atom. The molecule has 0 aromatic heterocycles. The van der Waals surface area contributed by atoms with Crippen molar-refractivity contribution in [2.24, 2.45) is 0 Å². The molecule has 0 rings (SSSR count). The molecule has 0 aliphatic rings. The summed E-state index contributed by atoms with van der Waals surface area (Å²) in [7, 11) is 0. The van der Waals surface area contributed by atoms with Crippen molar-refractivity contribution < 1.29 is 27.4 Å². The van der Waals surface area contributed by atoms with E-state index < -0.39 is 25.7 Å². The van der Waals surface area contributed by atoms with Crippen molar-refractivity contribution in [1.82, 2.24) is 0 Å². The Morgan fingerprint density at radius 3 is 2.33 bits per heavy atom. The Morgan fingerprint density at radius 1 is 1.33 bits per heavy atom. The molecule has 0 aromatic rings. The lowest BCUT2D eigenvalue weighted by molar-refractivity contribution is -0.324. The van der Waals surface area contributed by atoms with Crippen LogP contribution in [0, 0.1) is 0 Å². The molecule has 0 radical (unpaired) electrons. The summed E-state index contributed by atoms with van der Waals surface area (Å²) in [5, 5.41) is 8.16. The topological polar surface area (TPSA) is 29.5 Å². The smallest absolute Gasteiger partial charge is 0.393 e. The average Bonchev–Trinajstić information content (AvgIpc) is 1.96. The van der Waals surface area contributed by atoms with Gasteiger partial charge in [-0.2, -0.15) is 0 Å². The van der Waals surface area contributed by atoms with Gasteiger partial charge in [-0.1, -0.05) is 0 Å². The summed E-state index contributed by atoms with van der Waals surface area (Å²) in [4.78, 5) is 0. The summed E-state index contributed by atoms with van der Waals surface area (Å²) in [6.45, 7) is -1.23. The van der Waals surface area contributed by atoms with Gasteiger partial charge in [-0.05, 0) is 12.8 Å². The molecule has 1 N–H and O–H groups in total. The Hall–Kier alpha value is -0.360. The highest BCUT2D eigenvalue weighted by atomic mass is 19.4. The van der Waals surface area contributed by atoms with Crippen LogP contribution in [0.2, 0.25) is 0 Å². The summed E-state index contributed by atoms with van der Waals surface area (Å²) >= 11 is 0. The van der Waals surface area contributed by atoms with E-state index in [1.54, 1.807) is 0 Å². The van der Waals surface area contributed by atoms with E-state index in [1.807, 2.05) is 0 Å². The molecule has 0 spiro atoms. The fourth-order valence-corrected chi connectivity index (χ4v) is 0.584. The van der Waals surface area contributed by atoms with Crippen LogP contribution >= 0.6 is 0 Å². The van der Waals surface area contributed by atoms with Crippen molar-refractivity contribution in [3.63, 3.8) is 0 Å². The zero-order valence-corrected chi connectivity index (χ0v) is 6.27. The van der Waals surface area contributed by atoms with E-state index >= 15 is 0 Å². The molecule has 74 valence electrons. The fourth-order valence-electron chi connectivity index (χ4n) is 0.584. The molecule has 1 unspecified atom stereocenters. The number of aliphatic hydroxyl groups excluding tert-OH is 1. The van der Waals surface area contributed by atoms with Crippen molar-refractivity contribution in [2.75, 3.05) is 13.2 Å². The Labute approximate surface area is 67.1 Å². The SMILES string of the molecule is OCC(F)CCCOC(F)(F)F. The van der Waals surface area contributed by atoms with Gasteiger partial charge in [-0.15, -0.1) is 13.2 Å². The first-order valence-electron chi connectivity index (χ1n) is 3.41. The third kappa shape index (κ3) is 7.74. The molecule has 0 saturated carbocycles. The molecule has 0 aliphatic carbocycles. The molecule has 0 aliphatic heterocycles. The Bertz CT molecular complexity index is 115. The van der Waals surface area contributed by atoms with E-state index in [0.717, 1.165) is 0 Å². The van der Waals surface area contributed by atoms with Crippen molar-refractivity contribution in [3.05, 3.63) is 0 Å². The minimum atomic E-state index is -4.65. The van der Waals surface area contributed by atoms with Crippen LogP contribution in [0.4, 0.5) is 17.6 Å². The highest BCUT2D eigenvalue weighted by molar-refractivity contribution is 4.52. The summed E-state index contributed by atoms with van der Waals surface area (Å²) in [6, 6.07) is 0. The predicted octanol–water partition coefficient (Wildman–Crippen LogP) is 1.63. The molecule has 0 fully saturated rings. The molecule has 0 heterocycles. The second-order valence-corrected chi connectivity index (χ2v) is 2.22. The first kappa shape index (κ1) is 11.6. The van der Waals surface area contributed by atoms with Crippen LogP contribution in [0.5, 0.6) is 0 Å². The van der Waals surface area contributed by atoms with Gasteiger partial charge >= 0.3 is 6.36 Å². The lowest BCUT2D eigenvalue weighted by Crippen LogP contribution is -2.15. The van der Waals surface area contributed by atoms with Gasteiger partial charge in [0, 0.05) is 0 Å². The maximum Gasteiger partial charge on any atom is 0.522 e. The van der Waals surface area contributed by atoms with E-state index in [4.69, 9.17) is 5.11 Å². The van der Waals surface area contributed by atoms with E-state index in [9.17, 15) is 17.6 Å². The summed E-state index contributed by atoms with van der Waals surface area (Å²) in [5.74, 6) is 0. The minimum absolute atomic E-state index is 0.0543. The first-order chi connectivity index (χ1) is 5.45. The predicted molar refractivity (Wildman–Crippen MR) is 33.2 cm³/mol. The van der Waals surface area contributed by atoms with Crippen molar-refractivity contribution in [1.29, 1.82) is 0 Å². The van der Waals surface area contributed by atoms with Gasteiger partial charge in [-0.3, -0.25) is 4.74 Å². The van der Waals surface area contributed by atoms with Gasteiger partial charge in [-0.25, -0.2) is 4.39 Å². The van der Waals surface area contributed by atoms with Crippen LogP contribution in [0.25, 0.3) is 0 Å². The average molecular weight is 190 g/mol. The minimum Gasteiger partial charge on any atom is -0.393 e. The molecule has 0 aromatic carbocycles. The van der Waals surface area contributed by atoms with Crippen LogP contribution in [0.15, 0.2) is 0 Å². The highest BCUT2D eigenvalue weighted by Crippen LogP contribution is 2.16. The van der Waals surface area contributed by atoms with E-state index in [1.165, 1.54) is 0 Å². The number of aliphatic hydroxyl groups is 1. The molecule has 0 saturated heterocycles. The summed E-state index contributed by atoms with van der Waals surface area (Å²) < 4.78 is 49.4. The number of alkyl halides is 4. The van der Waals surface area contributed by atoms with E-state index in [-0.39, 0.29) is 12.8 Å². The monoisotopic (exact) mass is 190 g/mol. The molecule has 2 nitrogen and oxygen atoms in total. The lowest BCUT2D eigenvalue weighted by atomic mass is 10.2. The molecule has 1 atom stereocenters. The van der Waals surface area contributed by atoms with E-state index in [2.05, 4.69) is 4.74 Å². The van der Waals surface area contributed by atoms with Crippen LogP contribution in [0.1, 0.15) is 12.8 Å². The van der Waals surface area contributed by atoms with Gasteiger partial charge < -0.3 is 5.11 Å². The molecular weight excluding hydrogens is 180 g/mol. The molecule has 12 heavy (non-hydrogen) atoms. The third-order valence-electron chi connectivity index (χ3n) is 1.13. The molecule has 0 bridgehead atoms. The van der Waals surface area contributed by atoms with Gasteiger partial charge in [0.25, 0.3) is 0 Å². The number of halogens is 4. The maximum absolute atomic E-state index is 12.2. The maximum atomic E-state index is 12.2. The van der Waals surface area contributed by atoms with Gasteiger partial charge in [0.1, 0.15) is 6.17 Å². The van der Waals surface area contributed by atoms with Crippen LogP contribution in [-0.2, 0) is 4.74 Å². The number of hydrogen-bond acceptors (Lipinski definition) is 2. The van der Waals surface area contributed by atoms with Crippen molar-refractivity contribution >= 4 is 0 Å². The second-order valence-electron chi connectivity index (χ2n) is 2.22. The Balaban J connectivity index is 3.22. The van der Waals surface area contributed by atoms with E-state index in [0.29, 0.717) is 0 Å². The summed E-state index contributed by atoms with van der Waals surface area (Å²) in [6.07, 6.45) is -6.28. The van der Waals surface area contributed by atoms with Crippen LogP contribution < -0.4 is 0 Å². The highest BCUT2D eigenvalue weighted by Gasteiger charge is 2.28. The van der Waals surface area contributed by atoms with Crippen molar-refractivity contribution in [3.8, 4) is 0 Å². The second kappa shape index (κ2) is 5.31. The van der Waals surface area contributed by atoms with Gasteiger partial charge in [0.05, 0.1) is 13.2 Å². The normalized spacial score (nSPS) is 14.8. The Kier molecular flexibility index (Phi) is 5.16. The largest absolute Gasteiger partial charge is 0.522 e. The molecule has 6 heteroatoms. The fraction of sp³-hybridized carbons (Fsp3) is 1.00. The summed E-state index contributed by atoms with van der Waals surface area (Å²) in [5.41, 5.74) is 0. The van der Waals surface area contributed by atoms with Crippen LogP contribution in [0.3, 0.4) is 0 Å². The number of rotatable bonds is 5. The first-order valence-corrected chi connectivity index (χ1v) is 3.41. The molecule has 0 amide bonds. The standard InChI is InChI=1S/C6H10F4O2/c7-5(4-11)2-1-3-12-6(8,9)10/h5,11H,1-4H2. The zero-order valence-electron chi connectivity index (χ0n) is 6.27. The van der Waals surface area contributed by atoms with Gasteiger partial charge in [0.15, 0.2) is 0 Å². The van der Waals surface area contributed by atoms with Gasteiger partial charge in [0.2, 0.25) is 0 Å². The van der Waals surface area contributed by atoms with Crippen LogP contribution in [-0.4, -0.2) is 30.9 Å². The quantitative estimate of drug-likeness (QED) is 0.527. The molecular formula is C6H10F4O2. The number of hydrogen-bond donors (Lipinski definition) is 1. The van der Waals surface area contributed by atoms with Crippen molar-refractivity contribution in [2.45, 2.75) is 25.4 Å². The lowest BCUT2D eigenvalue weighted by Gasteiger charge is -2.07. The number of ether oxygens (including phenoxy) is 1. The third-order valence-corrected chi connectivity index (χ3v) is 1.13. The zero-order chi connectivity index (χ0) is 9.61.